The van der Waals surface area contributed by atoms with Crippen LogP contribution in [0.15, 0.2) is 16.4 Å². The maximum Gasteiger partial charge on any atom is 0.325 e. The lowest BCUT2D eigenvalue weighted by molar-refractivity contribution is -0.135. The van der Waals surface area contributed by atoms with Crippen molar-refractivity contribution >= 4 is 11.7 Å². The predicted octanol–water partition coefficient (Wildman–Crippen LogP) is -0.503. The molecule has 0 amide bonds. The zero-order valence-electron chi connectivity index (χ0n) is 11.1. The van der Waals surface area contributed by atoms with Crippen molar-refractivity contribution in [2.45, 2.75) is 25.4 Å². The summed E-state index contributed by atoms with van der Waals surface area (Å²) in [4.78, 5) is 14.5. The second-order valence-electron chi connectivity index (χ2n) is 4.43. The van der Waals surface area contributed by atoms with Crippen LogP contribution < -0.4 is 5.32 Å². The summed E-state index contributed by atoms with van der Waals surface area (Å²) in [7, 11) is 1.46. The van der Waals surface area contributed by atoms with Gasteiger partial charge in [-0.15, -0.1) is 0 Å². The molecule has 108 valence electrons. The first kappa shape index (κ1) is 15.5. The normalized spacial score (nSPS) is 25.6. The Balaban J connectivity index is 3.13. The fourth-order valence-electron chi connectivity index (χ4n) is 2.04. The van der Waals surface area contributed by atoms with Gasteiger partial charge in [-0.1, -0.05) is 0 Å². The van der Waals surface area contributed by atoms with Crippen LogP contribution in [0.2, 0.25) is 0 Å². The van der Waals surface area contributed by atoms with Gasteiger partial charge >= 0.3 is 5.97 Å². The van der Waals surface area contributed by atoms with E-state index in [1.165, 1.54) is 7.11 Å². The molecule has 7 nitrogen and oxygen atoms in total. The number of aliphatic hydroxyl groups is 2. The smallest absolute Gasteiger partial charge is 0.325 e. The molecule has 1 aliphatic rings. The summed E-state index contributed by atoms with van der Waals surface area (Å²) in [6.45, 7) is 1.69. The van der Waals surface area contributed by atoms with Gasteiger partial charge in [0, 0.05) is 19.4 Å². The molecule has 0 aromatic carbocycles. The molecule has 1 atom stereocenters. The predicted molar refractivity (Wildman–Crippen MR) is 68.9 cm³/mol. The number of carboxylic acids is 1. The van der Waals surface area contributed by atoms with E-state index in [2.05, 4.69) is 10.3 Å². The molecule has 0 saturated heterocycles. The van der Waals surface area contributed by atoms with Gasteiger partial charge in [-0.05, 0) is 6.92 Å². The fourth-order valence-corrected chi connectivity index (χ4v) is 2.04. The van der Waals surface area contributed by atoms with E-state index in [1.807, 2.05) is 6.92 Å². The maximum absolute atomic E-state index is 10.6. The quantitative estimate of drug-likeness (QED) is 0.518. The standard InChI is InChI=1S/C12H20N2O5/c1-3-13-8-4-12(18,7-15)5-9(11(8)19-2)14-6-10(16)17/h13,15,18H,3-7H2,1-2H3,(H,16,17). The molecule has 0 bridgehead atoms. The van der Waals surface area contributed by atoms with Crippen molar-refractivity contribution in [1.82, 2.24) is 5.32 Å². The van der Waals surface area contributed by atoms with Gasteiger partial charge in [0.1, 0.15) is 6.54 Å². The Kier molecular flexibility index (Phi) is 5.31. The van der Waals surface area contributed by atoms with Crippen molar-refractivity contribution < 1.29 is 24.9 Å². The summed E-state index contributed by atoms with van der Waals surface area (Å²) < 4.78 is 5.24. The topological polar surface area (TPSA) is 111 Å². The number of carboxylic acid groups (broad SMARTS) is 1. The molecule has 19 heavy (non-hydrogen) atoms. The Hall–Kier alpha value is -1.60. The summed E-state index contributed by atoms with van der Waals surface area (Å²) in [5.74, 6) is -0.618. The highest BCUT2D eigenvalue weighted by Crippen LogP contribution is 2.30. The number of allylic oxidation sites excluding steroid dienone is 1. The molecule has 0 aliphatic heterocycles. The zero-order valence-corrected chi connectivity index (χ0v) is 11.1. The second kappa shape index (κ2) is 6.53. The summed E-state index contributed by atoms with van der Waals surface area (Å²) in [6, 6.07) is 0. The van der Waals surface area contributed by atoms with E-state index in [0.29, 0.717) is 23.7 Å². The van der Waals surface area contributed by atoms with Crippen LogP contribution in [0.3, 0.4) is 0 Å². The van der Waals surface area contributed by atoms with Crippen molar-refractivity contribution in [3.8, 4) is 0 Å². The molecule has 0 saturated carbocycles. The molecule has 1 unspecified atom stereocenters. The highest BCUT2D eigenvalue weighted by molar-refractivity contribution is 6.01. The fraction of sp³-hybridized carbons (Fsp3) is 0.667. The first-order chi connectivity index (χ1) is 8.95. The third-order valence-corrected chi connectivity index (χ3v) is 2.83. The number of hydrogen-bond donors (Lipinski definition) is 4. The van der Waals surface area contributed by atoms with Crippen LogP contribution >= 0.6 is 0 Å². The molecule has 4 N–H and O–H groups in total. The van der Waals surface area contributed by atoms with Gasteiger partial charge in [-0.25, -0.2) is 0 Å². The number of carbonyl (C=O) groups is 1. The van der Waals surface area contributed by atoms with Gasteiger partial charge in [-0.3, -0.25) is 9.79 Å². The molecular formula is C12H20N2O5. The average Bonchev–Trinajstić information content (AvgIpc) is 2.36. The van der Waals surface area contributed by atoms with Crippen LogP contribution in [0.25, 0.3) is 0 Å². The first-order valence-corrected chi connectivity index (χ1v) is 6.05. The van der Waals surface area contributed by atoms with E-state index in [9.17, 15) is 15.0 Å². The van der Waals surface area contributed by atoms with Crippen LogP contribution in [0.1, 0.15) is 19.8 Å². The number of aliphatic imine (C=N–C) groups is 1. The molecule has 0 fully saturated rings. The minimum atomic E-state index is -1.34. The van der Waals surface area contributed by atoms with E-state index in [1.54, 1.807) is 0 Å². The third-order valence-electron chi connectivity index (χ3n) is 2.83. The number of hydrogen-bond acceptors (Lipinski definition) is 6. The van der Waals surface area contributed by atoms with Gasteiger partial charge in [-0.2, -0.15) is 0 Å². The Labute approximate surface area is 111 Å². The van der Waals surface area contributed by atoms with E-state index in [4.69, 9.17) is 9.84 Å². The molecule has 7 heteroatoms. The van der Waals surface area contributed by atoms with Crippen LogP contribution in [-0.4, -0.2) is 59.4 Å². The lowest BCUT2D eigenvalue weighted by Crippen LogP contribution is -2.43. The highest BCUT2D eigenvalue weighted by atomic mass is 16.5. The van der Waals surface area contributed by atoms with Crippen molar-refractivity contribution in [2.24, 2.45) is 4.99 Å². The van der Waals surface area contributed by atoms with Gasteiger partial charge in [0.25, 0.3) is 0 Å². The van der Waals surface area contributed by atoms with Crippen molar-refractivity contribution in [1.29, 1.82) is 0 Å². The molecule has 0 radical (unpaired) electrons. The van der Waals surface area contributed by atoms with E-state index in [-0.39, 0.29) is 12.8 Å². The number of nitrogens with one attached hydrogen (secondary N) is 1. The Morgan fingerprint density at radius 2 is 2.21 bits per heavy atom. The van der Waals surface area contributed by atoms with E-state index >= 15 is 0 Å². The van der Waals surface area contributed by atoms with Crippen LogP contribution in [0, 0.1) is 0 Å². The monoisotopic (exact) mass is 272 g/mol. The number of rotatable bonds is 6. The molecule has 0 aromatic rings. The lowest BCUT2D eigenvalue weighted by Gasteiger charge is -2.33. The van der Waals surface area contributed by atoms with Crippen molar-refractivity contribution in [2.75, 3.05) is 26.8 Å². The van der Waals surface area contributed by atoms with E-state index in [0.717, 1.165) is 0 Å². The third kappa shape index (κ3) is 3.93. The number of nitrogens with zero attached hydrogens (tertiary/aromatic N) is 1. The van der Waals surface area contributed by atoms with Gasteiger partial charge < -0.3 is 25.4 Å². The van der Waals surface area contributed by atoms with Crippen molar-refractivity contribution in [3.63, 3.8) is 0 Å². The van der Waals surface area contributed by atoms with Gasteiger partial charge in [0.05, 0.1) is 30.7 Å². The first-order valence-electron chi connectivity index (χ1n) is 6.05. The Bertz CT molecular complexity index is 405. The maximum atomic E-state index is 10.6. The zero-order chi connectivity index (χ0) is 14.5. The summed E-state index contributed by atoms with van der Waals surface area (Å²) in [5, 5.41) is 31.2. The van der Waals surface area contributed by atoms with Crippen molar-refractivity contribution in [3.05, 3.63) is 11.5 Å². The highest BCUT2D eigenvalue weighted by Gasteiger charge is 2.37. The second-order valence-corrected chi connectivity index (χ2v) is 4.43. The summed E-state index contributed by atoms with van der Waals surface area (Å²) in [6.07, 6.45) is 0.279. The lowest BCUT2D eigenvalue weighted by atomic mass is 9.85. The molecule has 0 heterocycles. The molecule has 1 rings (SSSR count). The minimum Gasteiger partial charge on any atom is -0.493 e. The van der Waals surface area contributed by atoms with E-state index < -0.39 is 24.7 Å². The number of aliphatic hydroxyl groups excluding tert-OH is 1. The summed E-state index contributed by atoms with van der Waals surface area (Å²) >= 11 is 0. The minimum absolute atomic E-state index is 0.0643. The molecule has 0 aromatic heterocycles. The SMILES string of the molecule is CCNC1=C(OC)C(=NCC(=O)O)CC(O)(CO)C1. The number of ether oxygens (including phenoxy) is 1. The molecule has 1 aliphatic carbocycles. The average molecular weight is 272 g/mol. The van der Waals surface area contributed by atoms with Gasteiger partial charge in [0.15, 0.2) is 5.76 Å². The number of aliphatic carboxylic acids is 1. The van der Waals surface area contributed by atoms with Gasteiger partial charge in [0.2, 0.25) is 0 Å². The summed E-state index contributed by atoms with van der Waals surface area (Å²) in [5.41, 5.74) is -0.364. The Morgan fingerprint density at radius 1 is 1.53 bits per heavy atom. The Morgan fingerprint density at radius 3 is 2.68 bits per heavy atom. The van der Waals surface area contributed by atoms with Crippen LogP contribution in [0.4, 0.5) is 0 Å². The van der Waals surface area contributed by atoms with Crippen LogP contribution in [0.5, 0.6) is 0 Å². The van der Waals surface area contributed by atoms with Crippen LogP contribution in [-0.2, 0) is 9.53 Å². The molecule has 0 spiro atoms. The number of methoxy groups -OCH3 is 1. The largest absolute Gasteiger partial charge is 0.493 e. The molecular weight excluding hydrogens is 252 g/mol.